The largest absolute Gasteiger partial charge is 0.497 e. The van der Waals surface area contributed by atoms with E-state index in [9.17, 15) is 4.79 Å². The average Bonchev–Trinajstić information content (AvgIpc) is 3.52. The predicted molar refractivity (Wildman–Crippen MR) is 122 cm³/mol. The van der Waals surface area contributed by atoms with Gasteiger partial charge < -0.3 is 20.1 Å². The maximum Gasteiger partial charge on any atom is 0.269 e. The maximum atomic E-state index is 12.7. The Bertz CT molecular complexity index is 1220. The number of aromatic nitrogens is 6. The smallest absolute Gasteiger partial charge is 0.269 e. The number of hydrogen-bond donors (Lipinski definition) is 2. The number of rotatable bonds is 9. The van der Waals surface area contributed by atoms with Crippen LogP contribution in [0.4, 0.5) is 5.82 Å². The molecule has 3 aromatic heterocycles. The lowest BCUT2D eigenvalue weighted by Gasteiger charge is -2.08. The highest BCUT2D eigenvalue weighted by Gasteiger charge is 2.17. The van der Waals surface area contributed by atoms with Gasteiger partial charge in [0.25, 0.3) is 5.91 Å². The normalized spacial score (nSPS) is 10.6. The van der Waals surface area contributed by atoms with Crippen LogP contribution in [0, 0.1) is 0 Å². The SMILES string of the molecule is COc1ccc(OC)c(-c2cc(C(=O)NCCNc3ccc(-n4cccn4)nn3)n(C)n2)c1. The summed E-state index contributed by atoms with van der Waals surface area (Å²) in [6.45, 7) is 0.875. The lowest BCUT2D eigenvalue weighted by molar-refractivity contribution is 0.0946. The molecule has 0 aliphatic rings. The van der Waals surface area contributed by atoms with Gasteiger partial charge in [-0.3, -0.25) is 9.48 Å². The van der Waals surface area contributed by atoms with Gasteiger partial charge in [-0.1, -0.05) is 0 Å². The van der Waals surface area contributed by atoms with E-state index >= 15 is 0 Å². The van der Waals surface area contributed by atoms with Crippen LogP contribution in [-0.2, 0) is 7.05 Å². The standard InChI is InChI=1S/C22H24N8O3/c1-29-18(14-17(28-29)16-13-15(32-2)5-6-19(16)33-3)22(31)24-11-10-23-20-7-8-21(27-26-20)30-12-4-9-25-30/h4-9,12-14H,10-11H2,1-3H3,(H,23,26)(H,24,31). The topological polar surface area (TPSA) is 121 Å². The Morgan fingerprint density at radius 2 is 1.94 bits per heavy atom. The molecule has 0 saturated heterocycles. The fourth-order valence-corrected chi connectivity index (χ4v) is 3.23. The zero-order chi connectivity index (χ0) is 23.2. The molecule has 4 aromatic rings. The minimum atomic E-state index is -0.236. The molecule has 0 aliphatic heterocycles. The van der Waals surface area contributed by atoms with Gasteiger partial charge in [0.15, 0.2) is 5.82 Å². The van der Waals surface area contributed by atoms with Crippen molar-refractivity contribution in [1.29, 1.82) is 0 Å². The van der Waals surface area contributed by atoms with Gasteiger partial charge in [-0.25, -0.2) is 4.68 Å². The van der Waals surface area contributed by atoms with Crippen molar-refractivity contribution in [3.05, 3.63) is 60.6 Å². The van der Waals surface area contributed by atoms with E-state index in [1.54, 1.807) is 62.6 Å². The highest BCUT2D eigenvalue weighted by Crippen LogP contribution is 2.32. The molecule has 11 nitrogen and oxygen atoms in total. The summed E-state index contributed by atoms with van der Waals surface area (Å²) in [4.78, 5) is 12.7. The Morgan fingerprint density at radius 3 is 2.64 bits per heavy atom. The number of ether oxygens (including phenoxy) is 2. The molecule has 4 rings (SSSR count). The number of aryl methyl sites for hydroxylation is 1. The van der Waals surface area contributed by atoms with Crippen molar-refractivity contribution in [2.75, 3.05) is 32.6 Å². The summed E-state index contributed by atoms with van der Waals surface area (Å²) in [5.41, 5.74) is 1.78. The Kier molecular flexibility index (Phi) is 6.48. The molecular formula is C22H24N8O3. The van der Waals surface area contributed by atoms with Gasteiger partial charge in [0.2, 0.25) is 0 Å². The second-order valence-corrected chi connectivity index (χ2v) is 7.01. The van der Waals surface area contributed by atoms with E-state index in [1.165, 1.54) is 4.68 Å². The summed E-state index contributed by atoms with van der Waals surface area (Å²) in [6, 6.07) is 12.6. The van der Waals surface area contributed by atoms with E-state index in [-0.39, 0.29) is 5.91 Å². The summed E-state index contributed by atoms with van der Waals surface area (Å²) in [6.07, 6.45) is 3.47. The van der Waals surface area contributed by atoms with E-state index in [0.717, 1.165) is 5.56 Å². The molecule has 0 bridgehead atoms. The fraction of sp³-hybridized carbons (Fsp3) is 0.227. The van der Waals surface area contributed by atoms with Gasteiger partial charge in [-0.15, -0.1) is 10.2 Å². The van der Waals surface area contributed by atoms with E-state index in [0.29, 0.717) is 47.6 Å². The molecule has 0 aliphatic carbocycles. The Hall–Kier alpha value is -4.41. The molecule has 3 heterocycles. The van der Waals surface area contributed by atoms with Crippen LogP contribution in [-0.4, -0.2) is 63.0 Å². The van der Waals surface area contributed by atoms with Gasteiger partial charge in [0.1, 0.15) is 23.0 Å². The van der Waals surface area contributed by atoms with E-state index in [1.807, 2.05) is 18.2 Å². The zero-order valence-electron chi connectivity index (χ0n) is 18.5. The third-order valence-electron chi connectivity index (χ3n) is 4.90. The molecule has 0 spiro atoms. The fourth-order valence-electron chi connectivity index (χ4n) is 3.23. The molecule has 2 N–H and O–H groups in total. The number of amides is 1. The van der Waals surface area contributed by atoms with Crippen molar-refractivity contribution in [3.8, 4) is 28.6 Å². The first kappa shape index (κ1) is 21.8. The van der Waals surface area contributed by atoms with Crippen LogP contribution >= 0.6 is 0 Å². The Morgan fingerprint density at radius 1 is 1.06 bits per heavy atom. The third kappa shape index (κ3) is 4.92. The van der Waals surface area contributed by atoms with Crippen molar-refractivity contribution in [2.45, 2.75) is 0 Å². The molecular weight excluding hydrogens is 424 g/mol. The van der Waals surface area contributed by atoms with Gasteiger partial charge in [-0.05, 0) is 42.5 Å². The van der Waals surface area contributed by atoms with Gasteiger partial charge in [0.05, 0.1) is 19.9 Å². The van der Waals surface area contributed by atoms with E-state index in [4.69, 9.17) is 9.47 Å². The molecule has 0 atom stereocenters. The quantitative estimate of drug-likeness (QED) is 0.373. The van der Waals surface area contributed by atoms with Crippen LogP contribution in [0.2, 0.25) is 0 Å². The van der Waals surface area contributed by atoms with Gasteiger partial charge in [-0.2, -0.15) is 10.2 Å². The lowest BCUT2D eigenvalue weighted by atomic mass is 10.1. The van der Waals surface area contributed by atoms with Crippen LogP contribution in [0.1, 0.15) is 10.5 Å². The second kappa shape index (κ2) is 9.81. The molecule has 0 radical (unpaired) electrons. The summed E-state index contributed by atoms with van der Waals surface area (Å²) in [7, 11) is 4.90. The Balaban J connectivity index is 1.34. The van der Waals surface area contributed by atoms with Crippen molar-refractivity contribution < 1.29 is 14.3 Å². The number of carbonyl (C=O) groups excluding carboxylic acids is 1. The summed E-state index contributed by atoms with van der Waals surface area (Å²) in [5, 5.41) is 22.8. The highest BCUT2D eigenvalue weighted by atomic mass is 16.5. The number of nitrogens with one attached hydrogen (secondary N) is 2. The Labute approximate surface area is 190 Å². The summed E-state index contributed by atoms with van der Waals surface area (Å²) in [5.74, 6) is 2.31. The summed E-state index contributed by atoms with van der Waals surface area (Å²) < 4.78 is 13.9. The highest BCUT2D eigenvalue weighted by molar-refractivity contribution is 5.94. The number of nitrogens with zero attached hydrogens (tertiary/aromatic N) is 6. The molecule has 0 fully saturated rings. The van der Waals surface area contributed by atoms with Crippen LogP contribution in [0.15, 0.2) is 54.9 Å². The predicted octanol–water partition coefficient (Wildman–Crippen LogP) is 1.92. The number of anilines is 1. The monoisotopic (exact) mass is 448 g/mol. The van der Waals surface area contributed by atoms with E-state index in [2.05, 4.69) is 31.0 Å². The maximum absolute atomic E-state index is 12.7. The van der Waals surface area contributed by atoms with Crippen molar-refractivity contribution in [1.82, 2.24) is 35.1 Å². The molecule has 11 heteroatoms. The van der Waals surface area contributed by atoms with Gasteiger partial charge in [0, 0.05) is 38.1 Å². The minimum absolute atomic E-state index is 0.236. The van der Waals surface area contributed by atoms with Crippen LogP contribution in [0.3, 0.4) is 0 Å². The zero-order valence-corrected chi connectivity index (χ0v) is 18.5. The molecule has 0 saturated carbocycles. The number of carbonyl (C=O) groups is 1. The summed E-state index contributed by atoms with van der Waals surface area (Å²) >= 11 is 0. The first-order chi connectivity index (χ1) is 16.1. The molecule has 1 aromatic carbocycles. The first-order valence-corrected chi connectivity index (χ1v) is 10.2. The third-order valence-corrected chi connectivity index (χ3v) is 4.90. The first-order valence-electron chi connectivity index (χ1n) is 10.2. The lowest BCUT2D eigenvalue weighted by Crippen LogP contribution is -2.30. The van der Waals surface area contributed by atoms with Crippen LogP contribution < -0.4 is 20.1 Å². The number of methoxy groups -OCH3 is 2. The van der Waals surface area contributed by atoms with Crippen molar-refractivity contribution in [2.24, 2.45) is 7.05 Å². The van der Waals surface area contributed by atoms with Crippen LogP contribution in [0.25, 0.3) is 17.1 Å². The van der Waals surface area contributed by atoms with Crippen LogP contribution in [0.5, 0.6) is 11.5 Å². The number of hydrogen-bond acceptors (Lipinski definition) is 8. The van der Waals surface area contributed by atoms with E-state index < -0.39 is 0 Å². The second-order valence-electron chi connectivity index (χ2n) is 7.01. The number of benzene rings is 1. The molecule has 33 heavy (non-hydrogen) atoms. The molecule has 1 amide bonds. The minimum Gasteiger partial charge on any atom is -0.497 e. The van der Waals surface area contributed by atoms with Gasteiger partial charge >= 0.3 is 0 Å². The van der Waals surface area contributed by atoms with Crippen molar-refractivity contribution in [3.63, 3.8) is 0 Å². The van der Waals surface area contributed by atoms with Crippen molar-refractivity contribution >= 4 is 11.7 Å². The average molecular weight is 448 g/mol. The molecule has 170 valence electrons. The molecule has 0 unspecified atom stereocenters.